The maximum Gasteiger partial charge on any atom is 0 e. The third-order valence-electron chi connectivity index (χ3n) is 0.957. The van der Waals surface area contributed by atoms with Crippen molar-refractivity contribution >= 4 is 12.6 Å². The van der Waals surface area contributed by atoms with Crippen molar-refractivity contribution in [2.75, 3.05) is 19.3 Å². The summed E-state index contributed by atoms with van der Waals surface area (Å²) in [6.45, 7) is 6.64. The van der Waals surface area contributed by atoms with Crippen molar-refractivity contribution in [3.8, 4) is 0 Å². The van der Waals surface area contributed by atoms with Gasteiger partial charge in [-0.05, 0) is 19.5 Å². The van der Waals surface area contributed by atoms with E-state index in [1.165, 1.54) is 19.4 Å². The minimum absolute atomic E-state index is 0. The van der Waals surface area contributed by atoms with Gasteiger partial charge in [-0.1, -0.05) is 20.3 Å². The van der Waals surface area contributed by atoms with Crippen LogP contribution in [0.3, 0.4) is 0 Å². The molecule has 0 aromatic carbocycles. The molecule has 0 aliphatic rings. The molecule has 0 aliphatic carbocycles. The molecular weight excluding hydrogens is 181 g/mol. The van der Waals surface area contributed by atoms with E-state index in [9.17, 15) is 0 Å². The molecule has 0 bridgehead atoms. The molecule has 0 aromatic rings. The Bertz CT molecular complexity index is 32.8. The quantitative estimate of drug-likeness (QED) is 0.544. The number of rotatable bonds is 4. The first kappa shape index (κ1) is 17.1. The van der Waals surface area contributed by atoms with Crippen LogP contribution in [0.25, 0.3) is 0 Å². The van der Waals surface area contributed by atoms with E-state index >= 15 is 0 Å². The molecule has 63 valence electrons. The van der Waals surface area contributed by atoms with Crippen LogP contribution in [0, 0.1) is 0 Å². The fraction of sp³-hybridized carbons (Fsp3) is 1.00. The summed E-state index contributed by atoms with van der Waals surface area (Å²) < 4.78 is 0. The van der Waals surface area contributed by atoms with Gasteiger partial charge in [0.15, 0.2) is 0 Å². The van der Waals surface area contributed by atoms with Gasteiger partial charge < -0.3 is 17.9 Å². The Morgan fingerprint density at radius 3 is 2.00 bits per heavy atom. The predicted octanol–water partition coefficient (Wildman–Crippen LogP) is 1.56. The molecule has 0 rings (SSSR count). The molecule has 0 saturated heterocycles. The van der Waals surface area contributed by atoms with Crippen LogP contribution in [0.4, 0.5) is 0 Å². The summed E-state index contributed by atoms with van der Waals surface area (Å²) in [4.78, 5) is 0. The average Bonchev–Trinajstić information content (AvgIpc) is 1.94. The fourth-order valence-electron chi connectivity index (χ4n) is 0.479. The van der Waals surface area contributed by atoms with Crippen molar-refractivity contribution in [2.45, 2.75) is 26.7 Å². The average molecular weight is 199 g/mol. The molecular formula is C7H18NSV-. The fourth-order valence-corrected chi connectivity index (χ4v) is 0.479. The molecule has 0 aromatic heterocycles. The maximum absolute atomic E-state index is 4.08. The summed E-state index contributed by atoms with van der Waals surface area (Å²) in [5.74, 6) is 0. The van der Waals surface area contributed by atoms with Crippen molar-refractivity contribution in [3.05, 3.63) is 0 Å². The van der Waals surface area contributed by atoms with E-state index in [2.05, 4.69) is 31.8 Å². The van der Waals surface area contributed by atoms with Gasteiger partial charge in [0, 0.05) is 18.6 Å². The van der Waals surface area contributed by atoms with Crippen LogP contribution >= 0.6 is 0 Å². The summed E-state index contributed by atoms with van der Waals surface area (Å²) in [6.07, 6.45) is 4.20. The summed E-state index contributed by atoms with van der Waals surface area (Å²) in [5.41, 5.74) is 0. The van der Waals surface area contributed by atoms with Crippen LogP contribution in [0.15, 0.2) is 0 Å². The second kappa shape index (κ2) is 22.5. The minimum atomic E-state index is 0. The summed E-state index contributed by atoms with van der Waals surface area (Å²) in [5, 5.41) is 3.25. The van der Waals surface area contributed by atoms with E-state index < -0.39 is 0 Å². The van der Waals surface area contributed by atoms with E-state index in [0.717, 1.165) is 6.54 Å². The van der Waals surface area contributed by atoms with Gasteiger partial charge in [-0.2, -0.15) is 6.26 Å². The molecule has 1 radical (unpaired) electrons. The van der Waals surface area contributed by atoms with Crippen LogP contribution < -0.4 is 5.32 Å². The van der Waals surface area contributed by atoms with Gasteiger partial charge in [0.05, 0.1) is 0 Å². The number of unbranched alkanes of at least 4 members (excludes halogenated alkanes) is 1. The molecule has 3 heteroatoms. The van der Waals surface area contributed by atoms with Crippen molar-refractivity contribution in [1.82, 2.24) is 5.32 Å². The smallest absolute Gasteiger partial charge is 0 e. The summed E-state index contributed by atoms with van der Waals surface area (Å²) in [6, 6.07) is 0. The Morgan fingerprint density at radius 1 is 1.20 bits per heavy atom. The Balaban J connectivity index is -0.000000149. The number of hydrogen-bond acceptors (Lipinski definition) is 2. The summed E-state index contributed by atoms with van der Waals surface area (Å²) >= 11 is 4.08. The second-order valence-corrected chi connectivity index (χ2v) is 1.71. The van der Waals surface area contributed by atoms with Crippen molar-refractivity contribution in [3.63, 3.8) is 0 Å². The molecule has 10 heavy (non-hydrogen) atoms. The maximum atomic E-state index is 4.08. The van der Waals surface area contributed by atoms with E-state index in [4.69, 9.17) is 0 Å². The Labute approximate surface area is 82.6 Å². The number of hydrogen-bond donors (Lipinski definition) is 1. The van der Waals surface area contributed by atoms with Crippen LogP contribution in [0.5, 0.6) is 0 Å². The van der Waals surface area contributed by atoms with E-state index in [1.807, 2.05) is 0 Å². The minimum Gasteiger partial charge on any atom is -0.796 e. The van der Waals surface area contributed by atoms with Crippen molar-refractivity contribution < 1.29 is 18.6 Å². The first-order chi connectivity index (χ1) is 4.41. The normalized spacial score (nSPS) is 7.20. The van der Waals surface area contributed by atoms with Crippen LogP contribution in [0.2, 0.25) is 0 Å². The molecule has 0 atom stereocenters. The molecule has 0 fully saturated rings. The Morgan fingerprint density at radius 2 is 1.70 bits per heavy atom. The first-order valence-electron chi connectivity index (χ1n) is 3.53. The van der Waals surface area contributed by atoms with E-state index in [0.29, 0.717) is 0 Å². The first-order valence-corrected chi connectivity index (χ1v) is 4.35. The Hall–Kier alpha value is 0.894. The zero-order valence-corrected chi connectivity index (χ0v) is 9.40. The SMILES string of the molecule is CCCCNCC.C[S-].[V]. The van der Waals surface area contributed by atoms with Crippen LogP contribution in [-0.4, -0.2) is 19.3 Å². The molecule has 0 spiro atoms. The van der Waals surface area contributed by atoms with E-state index in [1.54, 1.807) is 6.26 Å². The van der Waals surface area contributed by atoms with Crippen LogP contribution in [-0.2, 0) is 31.2 Å². The molecule has 0 heterocycles. The molecule has 1 N–H and O–H groups in total. The molecule has 0 saturated carbocycles. The predicted molar refractivity (Wildman–Crippen MR) is 46.7 cm³/mol. The zero-order valence-electron chi connectivity index (χ0n) is 7.18. The zero-order chi connectivity index (χ0) is 7.54. The van der Waals surface area contributed by atoms with Gasteiger partial charge in [0.1, 0.15) is 0 Å². The summed E-state index contributed by atoms with van der Waals surface area (Å²) in [7, 11) is 0. The largest absolute Gasteiger partial charge is 0.796 e. The Kier molecular flexibility index (Phi) is 38.6. The third-order valence-corrected chi connectivity index (χ3v) is 0.957. The van der Waals surface area contributed by atoms with Crippen molar-refractivity contribution in [1.29, 1.82) is 0 Å². The van der Waals surface area contributed by atoms with Crippen LogP contribution in [0.1, 0.15) is 26.7 Å². The molecule has 0 unspecified atom stereocenters. The number of nitrogens with one attached hydrogen (secondary N) is 1. The third kappa shape index (κ3) is 23.1. The molecule has 1 nitrogen and oxygen atoms in total. The topological polar surface area (TPSA) is 12.0 Å². The monoisotopic (exact) mass is 199 g/mol. The van der Waals surface area contributed by atoms with Gasteiger partial charge in [0.25, 0.3) is 0 Å². The van der Waals surface area contributed by atoms with Gasteiger partial charge in [-0.3, -0.25) is 0 Å². The standard InChI is InChI=1S/C6H15N.CH4S.V/c1-3-5-6-7-4-2;1-2;/h7H,3-6H2,1-2H3;2H,1H3;/p-1. The van der Waals surface area contributed by atoms with Gasteiger partial charge in [-0.15, -0.1) is 0 Å². The molecule has 0 amide bonds. The van der Waals surface area contributed by atoms with Gasteiger partial charge >= 0.3 is 0 Å². The van der Waals surface area contributed by atoms with Gasteiger partial charge in [-0.25, -0.2) is 0 Å². The second-order valence-electron chi connectivity index (χ2n) is 1.71. The van der Waals surface area contributed by atoms with Gasteiger partial charge in [0.2, 0.25) is 0 Å². The van der Waals surface area contributed by atoms with E-state index in [-0.39, 0.29) is 18.6 Å². The molecule has 0 aliphatic heterocycles. The van der Waals surface area contributed by atoms with Crippen molar-refractivity contribution in [2.24, 2.45) is 0 Å².